The van der Waals surface area contributed by atoms with Gasteiger partial charge in [-0.15, -0.1) is 0 Å². The summed E-state index contributed by atoms with van der Waals surface area (Å²) in [4.78, 5) is 25.2. The quantitative estimate of drug-likeness (QED) is 0.698. The molecule has 6 heteroatoms. The van der Waals surface area contributed by atoms with Crippen molar-refractivity contribution in [1.29, 1.82) is 0 Å². The fourth-order valence-electron chi connectivity index (χ4n) is 2.64. The topological polar surface area (TPSA) is 67.4 Å². The zero-order valence-corrected chi connectivity index (χ0v) is 17.6. The first kappa shape index (κ1) is 21.0. The second-order valence-corrected chi connectivity index (χ2v) is 7.65. The Labute approximate surface area is 168 Å². The fourth-order valence-corrected chi connectivity index (χ4v) is 3.05. The number of rotatable bonds is 7. The number of carbonyl (C=O) groups excluding carboxylic acids is 2. The first-order valence-electron chi connectivity index (χ1n) is 8.79. The molecule has 144 valence electrons. The van der Waals surface area contributed by atoms with Gasteiger partial charge in [-0.25, -0.2) is 0 Å². The first-order chi connectivity index (χ1) is 12.8. The van der Waals surface area contributed by atoms with Gasteiger partial charge in [-0.05, 0) is 43.2 Å². The summed E-state index contributed by atoms with van der Waals surface area (Å²) < 4.78 is 6.23. The van der Waals surface area contributed by atoms with Crippen molar-refractivity contribution >= 4 is 27.7 Å². The molecule has 2 rings (SSSR count). The summed E-state index contributed by atoms with van der Waals surface area (Å²) in [5.74, 6) is 0.156. The highest BCUT2D eigenvalue weighted by Crippen LogP contribution is 2.22. The molecule has 27 heavy (non-hydrogen) atoms. The van der Waals surface area contributed by atoms with E-state index >= 15 is 0 Å². The Balaban J connectivity index is 2.05. The molecule has 1 atom stereocenters. The van der Waals surface area contributed by atoms with Crippen molar-refractivity contribution in [2.24, 2.45) is 5.92 Å². The number of aryl methyl sites for hydroxylation is 1. The van der Waals surface area contributed by atoms with E-state index in [2.05, 4.69) is 26.6 Å². The van der Waals surface area contributed by atoms with E-state index in [4.69, 9.17) is 4.74 Å². The van der Waals surface area contributed by atoms with E-state index in [1.54, 1.807) is 19.2 Å². The average molecular weight is 433 g/mol. The lowest BCUT2D eigenvalue weighted by atomic mass is 10.0. The van der Waals surface area contributed by atoms with Crippen molar-refractivity contribution in [2.45, 2.75) is 33.4 Å². The monoisotopic (exact) mass is 432 g/mol. The number of benzene rings is 2. The Hall–Kier alpha value is -2.34. The van der Waals surface area contributed by atoms with Crippen LogP contribution in [-0.4, -0.2) is 25.0 Å². The van der Waals surface area contributed by atoms with Crippen LogP contribution in [0.25, 0.3) is 0 Å². The van der Waals surface area contributed by atoms with Crippen molar-refractivity contribution in [3.05, 3.63) is 63.6 Å². The number of carbonyl (C=O) groups is 2. The van der Waals surface area contributed by atoms with Gasteiger partial charge in [0.1, 0.15) is 11.8 Å². The molecule has 2 aromatic rings. The van der Waals surface area contributed by atoms with Gasteiger partial charge in [0, 0.05) is 22.1 Å². The van der Waals surface area contributed by atoms with Crippen molar-refractivity contribution in [3.63, 3.8) is 0 Å². The molecule has 0 saturated carbocycles. The third-order valence-electron chi connectivity index (χ3n) is 4.25. The second-order valence-electron chi connectivity index (χ2n) is 6.74. The van der Waals surface area contributed by atoms with Crippen molar-refractivity contribution in [2.75, 3.05) is 7.11 Å². The van der Waals surface area contributed by atoms with Crippen molar-refractivity contribution in [3.8, 4) is 5.75 Å². The van der Waals surface area contributed by atoms with Crippen LogP contribution in [0.1, 0.15) is 35.3 Å². The minimum atomic E-state index is -0.628. The Morgan fingerprint density at radius 1 is 1.11 bits per heavy atom. The standard InChI is InChI=1S/C21H25BrN2O3/c1-13(2)19(24-20(25)15-7-5-14(3)6-8-15)21(26)23-12-16-11-17(22)9-10-18(16)27-4/h5-11,13,19H,12H2,1-4H3,(H,23,26)(H,24,25). The number of amides is 2. The summed E-state index contributed by atoms with van der Waals surface area (Å²) in [5.41, 5.74) is 2.47. The van der Waals surface area contributed by atoms with Crippen LogP contribution < -0.4 is 15.4 Å². The highest BCUT2D eigenvalue weighted by Gasteiger charge is 2.24. The average Bonchev–Trinajstić information content (AvgIpc) is 2.64. The van der Waals surface area contributed by atoms with Gasteiger partial charge in [0.25, 0.3) is 5.91 Å². The minimum absolute atomic E-state index is 0.0520. The van der Waals surface area contributed by atoms with Crippen LogP contribution in [0.5, 0.6) is 5.75 Å². The van der Waals surface area contributed by atoms with Crippen LogP contribution >= 0.6 is 15.9 Å². The van der Waals surface area contributed by atoms with Crippen LogP contribution in [0, 0.1) is 12.8 Å². The fraction of sp³-hybridized carbons (Fsp3) is 0.333. The SMILES string of the molecule is COc1ccc(Br)cc1CNC(=O)C(NC(=O)c1ccc(C)cc1)C(C)C. The van der Waals surface area contributed by atoms with Crippen LogP contribution in [0.4, 0.5) is 0 Å². The Kier molecular flexibility index (Phi) is 7.42. The zero-order chi connectivity index (χ0) is 20.0. The summed E-state index contributed by atoms with van der Waals surface area (Å²) in [7, 11) is 1.59. The molecule has 2 N–H and O–H groups in total. The predicted molar refractivity (Wildman–Crippen MR) is 110 cm³/mol. The van der Waals surface area contributed by atoms with Gasteiger partial charge in [0.05, 0.1) is 7.11 Å². The lowest BCUT2D eigenvalue weighted by molar-refractivity contribution is -0.124. The van der Waals surface area contributed by atoms with Gasteiger partial charge in [-0.3, -0.25) is 9.59 Å². The number of ether oxygens (including phenoxy) is 1. The molecule has 0 radical (unpaired) electrons. The maximum absolute atomic E-state index is 12.7. The second kappa shape index (κ2) is 9.55. The van der Waals surface area contributed by atoms with Gasteiger partial charge in [-0.2, -0.15) is 0 Å². The molecule has 0 aromatic heterocycles. The summed E-state index contributed by atoms with van der Waals surface area (Å²) in [6.45, 7) is 6.08. The van der Waals surface area contributed by atoms with Gasteiger partial charge < -0.3 is 15.4 Å². The van der Waals surface area contributed by atoms with Gasteiger partial charge >= 0.3 is 0 Å². The van der Waals surface area contributed by atoms with E-state index < -0.39 is 6.04 Å². The summed E-state index contributed by atoms with van der Waals surface area (Å²) in [6, 6.07) is 12.2. The van der Waals surface area contributed by atoms with Gasteiger partial charge in [0.15, 0.2) is 0 Å². The van der Waals surface area contributed by atoms with Gasteiger partial charge in [-0.1, -0.05) is 47.5 Å². The van der Waals surface area contributed by atoms with E-state index in [-0.39, 0.29) is 17.7 Å². The Bertz CT molecular complexity index is 804. The smallest absolute Gasteiger partial charge is 0.251 e. The Morgan fingerprint density at radius 2 is 1.78 bits per heavy atom. The highest BCUT2D eigenvalue weighted by molar-refractivity contribution is 9.10. The summed E-state index contributed by atoms with van der Waals surface area (Å²) in [6.07, 6.45) is 0. The molecule has 0 bridgehead atoms. The first-order valence-corrected chi connectivity index (χ1v) is 9.58. The zero-order valence-electron chi connectivity index (χ0n) is 16.0. The van der Waals surface area contributed by atoms with Crippen LogP contribution in [0.2, 0.25) is 0 Å². The van der Waals surface area contributed by atoms with Crippen LogP contribution in [-0.2, 0) is 11.3 Å². The maximum atomic E-state index is 12.7. The normalized spacial score (nSPS) is 11.8. The maximum Gasteiger partial charge on any atom is 0.251 e. The molecular formula is C21H25BrN2O3. The number of halogens is 1. The molecule has 0 spiro atoms. The molecule has 5 nitrogen and oxygen atoms in total. The van der Waals surface area contributed by atoms with E-state index in [1.807, 2.05) is 51.1 Å². The van der Waals surface area contributed by atoms with E-state index in [9.17, 15) is 9.59 Å². The molecule has 2 aromatic carbocycles. The van der Waals surface area contributed by atoms with E-state index in [0.29, 0.717) is 17.9 Å². The number of hydrogen-bond acceptors (Lipinski definition) is 3. The molecule has 1 unspecified atom stereocenters. The van der Waals surface area contributed by atoms with Crippen molar-refractivity contribution in [1.82, 2.24) is 10.6 Å². The Morgan fingerprint density at radius 3 is 2.37 bits per heavy atom. The van der Waals surface area contributed by atoms with E-state index in [0.717, 1.165) is 15.6 Å². The lowest BCUT2D eigenvalue weighted by Gasteiger charge is -2.22. The largest absolute Gasteiger partial charge is 0.496 e. The highest BCUT2D eigenvalue weighted by atomic mass is 79.9. The van der Waals surface area contributed by atoms with Crippen LogP contribution in [0.15, 0.2) is 46.9 Å². The lowest BCUT2D eigenvalue weighted by Crippen LogP contribution is -2.49. The molecule has 2 amide bonds. The number of nitrogens with one attached hydrogen (secondary N) is 2. The summed E-state index contributed by atoms with van der Waals surface area (Å²) >= 11 is 3.42. The molecule has 0 aliphatic heterocycles. The summed E-state index contributed by atoms with van der Waals surface area (Å²) in [5, 5.41) is 5.73. The minimum Gasteiger partial charge on any atom is -0.496 e. The van der Waals surface area contributed by atoms with Gasteiger partial charge in [0.2, 0.25) is 5.91 Å². The molecule has 0 heterocycles. The van der Waals surface area contributed by atoms with Crippen molar-refractivity contribution < 1.29 is 14.3 Å². The molecule has 0 fully saturated rings. The number of hydrogen-bond donors (Lipinski definition) is 2. The van der Waals surface area contributed by atoms with Crippen LogP contribution in [0.3, 0.4) is 0 Å². The number of methoxy groups -OCH3 is 1. The molecular weight excluding hydrogens is 408 g/mol. The molecule has 0 aliphatic rings. The third-order valence-corrected chi connectivity index (χ3v) is 4.74. The molecule has 0 saturated heterocycles. The van der Waals surface area contributed by atoms with E-state index in [1.165, 1.54) is 0 Å². The molecule has 0 aliphatic carbocycles. The predicted octanol–water partition coefficient (Wildman–Crippen LogP) is 3.84. The third kappa shape index (κ3) is 5.82.